The van der Waals surface area contributed by atoms with Gasteiger partial charge in [-0.05, 0) is 38.0 Å². The molecule has 1 saturated carbocycles. The van der Waals surface area contributed by atoms with Crippen molar-refractivity contribution in [2.75, 3.05) is 18.9 Å². The summed E-state index contributed by atoms with van der Waals surface area (Å²) in [7, 11) is -3.53. The van der Waals surface area contributed by atoms with Gasteiger partial charge in [-0.15, -0.1) is 0 Å². The molecule has 106 valence electrons. The third-order valence-electron chi connectivity index (χ3n) is 3.12. The van der Waals surface area contributed by atoms with Crippen molar-refractivity contribution in [3.63, 3.8) is 0 Å². The van der Waals surface area contributed by atoms with E-state index in [0.717, 1.165) is 12.8 Å². The third-order valence-corrected chi connectivity index (χ3v) is 5.17. The molecule has 0 aliphatic heterocycles. The molecule has 0 atom stereocenters. The summed E-state index contributed by atoms with van der Waals surface area (Å²) in [6.07, 6.45) is 1.86. The third kappa shape index (κ3) is 2.84. The lowest BCUT2D eigenvalue weighted by Crippen LogP contribution is -2.33. The maximum Gasteiger partial charge on any atom is 0.247 e. The Morgan fingerprint density at radius 1 is 1.37 bits per heavy atom. The van der Waals surface area contributed by atoms with Crippen LogP contribution >= 0.6 is 0 Å². The van der Waals surface area contributed by atoms with E-state index < -0.39 is 10.0 Å². The minimum Gasteiger partial charge on any atom is -0.492 e. The Morgan fingerprint density at radius 3 is 2.58 bits per heavy atom. The molecular formula is C13H20N2O3S. The average molecular weight is 284 g/mol. The molecule has 5 nitrogen and oxygen atoms in total. The summed E-state index contributed by atoms with van der Waals surface area (Å²) in [5.41, 5.74) is 6.14. The summed E-state index contributed by atoms with van der Waals surface area (Å²) in [6.45, 7) is 4.56. The molecule has 0 radical (unpaired) electrons. The first-order valence-electron chi connectivity index (χ1n) is 6.54. The monoisotopic (exact) mass is 284 g/mol. The second-order valence-corrected chi connectivity index (χ2v) is 6.44. The van der Waals surface area contributed by atoms with Gasteiger partial charge < -0.3 is 10.5 Å². The number of hydrogen-bond donors (Lipinski definition) is 1. The molecule has 0 bridgehead atoms. The van der Waals surface area contributed by atoms with Crippen molar-refractivity contribution in [1.29, 1.82) is 0 Å². The van der Waals surface area contributed by atoms with Gasteiger partial charge in [-0.25, -0.2) is 8.42 Å². The number of nitrogens with two attached hydrogens (primary N) is 1. The standard InChI is InChI=1S/C13H20N2O3S/c1-3-15(11-6-7-11)19(16,17)13-9-10(14)5-8-12(13)18-4-2/h5,8-9,11H,3-4,6-7,14H2,1-2H3. The molecule has 0 heterocycles. The average Bonchev–Trinajstić information content (AvgIpc) is 3.16. The van der Waals surface area contributed by atoms with Crippen molar-refractivity contribution < 1.29 is 13.2 Å². The lowest BCUT2D eigenvalue weighted by Gasteiger charge is -2.21. The molecule has 0 unspecified atom stereocenters. The number of benzene rings is 1. The minimum absolute atomic E-state index is 0.130. The molecule has 0 amide bonds. The smallest absolute Gasteiger partial charge is 0.247 e. The van der Waals surface area contributed by atoms with E-state index in [1.54, 1.807) is 12.1 Å². The summed E-state index contributed by atoms with van der Waals surface area (Å²) in [5.74, 6) is 0.371. The van der Waals surface area contributed by atoms with Crippen LogP contribution in [0.5, 0.6) is 5.75 Å². The van der Waals surface area contributed by atoms with Crippen molar-refractivity contribution in [3.05, 3.63) is 18.2 Å². The quantitative estimate of drug-likeness (QED) is 0.809. The van der Waals surface area contributed by atoms with Gasteiger partial charge >= 0.3 is 0 Å². The summed E-state index contributed by atoms with van der Waals surface area (Å²) in [4.78, 5) is 0.170. The van der Waals surface area contributed by atoms with Gasteiger partial charge in [0, 0.05) is 18.3 Å². The lowest BCUT2D eigenvalue weighted by molar-refractivity contribution is 0.328. The van der Waals surface area contributed by atoms with Crippen LogP contribution in [0.2, 0.25) is 0 Å². The molecule has 0 saturated heterocycles. The second kappa shape index (κ2) is 5.38. The Bertz CT molecular complexity index is 553. The predicted octanol–water partition coefficient (Wildman–Crippen LogP) is 1.84. The number of nitrogens with zero attached hydrogens (tertiary/aromatic N) is 1. The normalized spacial score (nSPS) is 15.7. The van der Waals surface area contributed by atoms with Crippen LogP contribution in [0.3, 0.4) is 0 Å². The maximum absolute atomic E-state index is 12.7. The van der Waals surface area contributed by atoms with Gasteiger partial charge in [-0.1, -0.05) is 6.92 Å². The fourth-order valence-corrected chi connectivity index (χ4v) is 3.98. The highest BCUT2D eigenvalue weighted by Crippen LogP contribution is 2.35. The van der Waals surface area contributed by atoms with Gasteiger partial charge in [-0.2, -0.15) is 4.31 Å². The van der Waals surface area contributed by atoms with Crippen molar-refractivity contribution in [1.82, 2.24) is 4.31 Å². The molecule has 2 N–H and O–H groups in total. The Hall–Kier alpha value is -1.27. The Labute approximate surface area is 114 Å². The van der Waals surface area contributed by atoms with Crippen LogP contribution in [0.4, 0.5) is 5.69 Å². The Balaban J connectivity index is 2.46. The molecule has 2 rings (SSSR count). The van der Waals surface area contributed by atoms with Gasteiger partial charge in [0.2, 0.25) is 10.0 Å². The van der Waals surface area contributed by atoms with Crippen LogP contribution in [0, 0.1) is 0 Å². The largest absolute Gasteiger partial charge is 0.492 e. The SMILES string of the molecule is CCOc1ccc(N)cc1S(=O)(=O)N(CC)C1CC1. The summed E-state index contributed by atoms with van der Waals surface area (Å²) in [5, 5.41) is 0. The maximum atomic E-state index is 12.7. The summed E-state index contributed by atoms with van der Waals surface area (Å²) in [6, 6.07) is 4.88. The molecule has 0 spiro atoms. The number of rotatable bonds is 6. The Morgan fingerprint density at radius 2 is 2.05 bits per heavy atom. The number of ether oxygens (including phenoxy) is 1. The van der Waals surface area contributed by atoms with Crippen LogP contribution < -0.4 is 10.5 Å². The lowest BCUT2D eigenvalue weighted by atomic mass is 10.3. The van der Waals surface area contributed by atoms with Crippen LogP contribution in [-0.2, 0) is 10.0 Å². The van der Waals surface area contributed by atoms with Crippen molar-refractivity contribution >= 4 is 15.7 Å². The highest BCUT2D eigenvalue weighted by atomic mass is 32.2. The first-order chi connectivity index (χ1) is 9.00. The number of hydrogen-bond acceptors (Lipinski definition) is 4. The zero-order chi connectivity index (χ0) is 14.0. The number of anilines is 1. The van der Waals surface area contributed by atoms with Crippen molar-refractivity contribution in [3.8, 4) is 5.75 Å². The molecule has 1 aromatic rings. The van der Waals surface area contributed by atoms with Gasteiger partial charge in [0.25, 0.3) is 0 Å². The first-order valence-corrected chi connectivity index (χ1v) is 7.98. The van der Waals surface area contributed by atoms with Crippen molar-refractivity contribution in [2.45, 2.75) is 37.6 Å². The van der Waals surface area contributed by atoms with Crippen LogP contribution in [0.15, 0.2) is 23.1 Å². The summed E-state index contributed by atoms with van der Waals surface area (Å²) < 4.78 is 32.3. The molecule has 6 heteroatoms. The van der Waals surface area contributed by atoms with E-state index in [4.69, 9.17) is 10.5 Å². The summed E-state index contributed by atoms with van der Waals surface area (Å²) >= 11 is 0. The zero-order valence-electron chi connectivity index (χ0n) is 11.3. The van der Waals surface area contributed by atoms with Gasteiger partial charge in [0.15, 0.2) is 0 Å². The highest BCUT2D eigenvalue weighted by molar-refractivity contribution is 7.89. The fourth-order valence-electron chi connectivity index (χ4n) is 2.11. The van der Waals surface area contributed by atoms with E-state index in [2.05, 4.69) is 0 Å². The van der Waals surface area contributed by atoms with Gasteiger partial charge in [0.05, 0.1) is 6.61 Å². The van der Waals surface area contributed by atoms with Gasteiger partial charge in [-0.3, -0.25) is 0 Å². The molecule has 1 aliphatic carbocycles. The highest BCUT2D eigenvalue weighted by Gasteiger charge is 2.38. The second-order valence-electron chi connectivity index (χ2n) is 4.58. The number of sulfonamides is 1. The molecule has 1 aromatic carbocycles. The van der Waals surface area contributed by atoms with Crippen molar-refractivity contribution in [2.24, 2.45) is 0 Å². The van der Waals surface area contributed by atoms with E-state index in [-0.39, 0.29) is 10.9 Å². The van der Waals surface area contributed by atoms with Crippen LogP contribution in [-0.4, -0.2) is 31.9 Å². The Kier molecular flexibility index (Phi) is 4.01. The fraction of sp³-hybridized carbons (Fsp3) is 0.538. The van der Waals surface area contributed by atoms with Crippen LogP contribution in [0.25, 0.3) is 0 Å². The van der Waals surface area contributed by atoms with E-state index >= 15 is 0 Å². The molecule has 1 fully saturated rings. The van der Waals surface area contributed by atoms with E-state index in [0.29, 0.717) is 24.6 Å². The van der Waals surface area contributed by atoms with Gasteiger partial charge in [0.1, 0.15) is 10.6 Å². The molecule has 0 aromatic heterocycles. The van der Waals surface area contributed by atoms with E-state index in [1.165, 1.54) is 10.4 Å². The molecule has 1 aliphatic rings. The predicted molar refractivity (Wildman–Crippen MR) is 74.6 cm³/mol. The first kappa shape index (κ1) is 14.1. The minimum atomic E-state index is -3.53. The molecular weight excluding hydrogens is 264 g/mol. The topological polar surface area (TPSA) is 72.6 Å². The van der Waals surface area contributed by atoms with E-state index in [1.807, 2.05) is 13.8 Å². The number of nitrogen functional groups attached to an aromatic ring is 1. The van der Waals surface area contributed by atoms with Crippen LogP contribution in [0.1, 0.15) is 26.7 Å². The van der Waals surface area contributed by atoms with E-state index in [9.17, 15) is 8.42 Å². The zero-order valence-corrected chi connectivity index (χ0v) is 12.1. The molecule has 19 heavy (non-hydrogen) atoms.